The topological polar surface area (TPSA) is 59.8 Å². The standard InChI is InChI=1S/C20H21FN4OS/c1-4-9-27-19-23-18-22-14-10-20(2,3)11-15(26)16(14)17(25(18)24-19)12-5-7-13(21)8-6-12/h4-8,10,16-17H,1,9,11H2,2-3H3,(H,22,23,24)/t16-,17-/m1/s1. The molecule has 4 rings (SSSR count). The van der Waals surface area contributed by atoms with Crippen molar-refractivity contribution in [3.8, 4) is 0 Å². The largest absolute Gasteiger partial charge is 0.328 e. The Kier molecular flexibility index (Phi) is 4.42. The Balaban J connectivity index is 1.85. The SMILES string of the molecule is C=CCSc1nc2n(n1)[C@H](c1ccc(F)cc1)[C@H]1C(=O)CC(C)(C)C=C1N2. The highest BCUT2D eigenvalue weighted by molar-refractivity contribution is 7.99. The van der Waals surface area contributed by atoms with E-state index in [-0.39, 0.29) is 29.0 Å². The predicted octanol–water partition coefficient (Wildman–Crippen LogP) is 4.21. The van der Waals surface area contributed by atoms with Gasteiger partial charge in [-0.3, -0.25) is 4.79 Å². The molecule has 0 radical (unpaired) electrons. The summed E-state index contributed by atoms with van der Waals surface area (Å²) in [6, 6.07) is 5.93. The molecule has 0 saturated carbocycles. The molecule has 1 aromatic heterocycles. The number of aromatic nitrogens is 3. The molecule has 1 N–H and O–H groups in total. The number of anilines is 1. The van der Waals surface area contributed by atoms with E-state index >= 15 is 0 Å². The number of allylic oxidation sites excluding steroid dienone is 2. The van der Waals surface area contributed by atoms with E-state index in [0.717, 1.165) is 11.3 Å². The number of nitrogens with zero attached hydrogens (tertiary/aromatic N) is 3. The van der Waals surface area contributed by atoms with Gasteiger partial charge in [-0.25, -0.2) is 9.07 Å². The number of carbonyl (C=O) groups is 1. The Bertz CT molecular complexity index is 932. The molecule has 0 fully saturated rings. The number of nitrogens with one attached hydrogen (secondary N) is 1. The van der Waals surface area contributed by atoms with Crippen molar-refractivity contribution in [2.45, 2.75) is 31.5 Å². The van der Waals surface area contributed by atoms with Gasteiger partial charge in [0, 0.05) is 17.9 Å². The lowest BCUT2D eigenvalue weighted by molar-refractivity contribution is -0.125. The van der Waals surface area contributed by atoms with Gasteiger partial charge in [-0.1, -0.05) is 49.9 Å². The molecule has 0 bridgehead atoms. The predicted molar refractivity (Wildman–Crippen MR) is 104 cm³/mol. The van der Waals surface area contributed by atoms with Crippen molar-refractivity contribution in [3.05, 3.63) is 60.1 Å². The summed E-state index contributed by atoms with van der Waals surface area (Å²) in [6.45, 7) is 7.82. The lowest BCUT2D eigenvalue weighted by Crippen LogP contribution is -2.42. The van der Waals surface area contributed by atoms with Crippen LogP contribution in [0.25, 0.3) is 0 Å². The highest BCUT2D eigenvalue weighted by Crippen LogP contribution is 2.45. The molecule has 0 amide bonds. The van der Waals surface area contributed by atoms with Crippen LogP contribution in [-0.2, 0) is 4.79 Å². The van der Waals surface area contributed by atoms with Crippen molar-refractivity contribution in [1.82, 2.24) is 14.8 Å². The van der Waals surface area contributed by atoms with E-state index < -0.39 is 0 Å². The van der Waals surface area contributed by atoms with Gasteiger partial charge in [0.05, 0.1) is 12.0 Å². The van der Waals surface area contributed by atoms with Gasteiger partial charge in [0.2, 0.25) is 11.1 Å². The Morgan fingerprint density at radius 1 is 1.41 bits per heavy atom. The third kappa shape index (κ3) is 3.32. The first-order valence-electron chi connectivity index (χ1n) is 8.86. The normalized spacial score (nSPS) is 23.1. The number of ketones is 1. The molecular weight excluding hydrogens is 363 g/mol. The van der Waals surface area contributed by atoms with E-state index in [4.69, 9.17) is 0 Å². The van der Waals surface area contributed by atoms with Crippen LogP contribution in [0, 0.1) is 17.2 Å². The quantitative estimate of drug-likeness (QED) is 0.632. The molecule has 2 aliphatic rings. The maximum absolute atomic E-state index is 13.5. The van der Waals surface area contributed by atoms with Crippen molar-refractivity contribution >= 4 is 23.5 Å². The fraction of sp³-hybridized carbons (Fsp3) is 0.350. The maximum atomic E-state index is 13.5. The molecule has 27 heavy (non-hydrogen) atoms. The lowest BCUT2D eigenvalue weighted by atomic mass is 9.72. The second kappa shape index (κ2) is 6.64. The van der Waals surface area contributed by atoms with Crippen LogP contribution in [0.4, 0.5) is 10.3 Å². The highest BCUT2D eigenvalue weighted by Gasteiger charge is 2.45. The van der Waals surface area contributed by atoms with Crippen LogP contribution < -0.4 is 5.32 Å². The molecule has 1 aliphatic carbocycles. The zero-order chi connectivity index (χ0) is 19.2. The molecule has 2 heterocycles. The Hall–Kier alpha value is -2.41. The van der Waals surface area contributed by atoms with Crippen molar-refractivity contribution in [2.24, 2.45) is 11.3 Å². The van der Waals surface area contributed by atoms with Gasteiger partial charge in [-0.2, -0.15) is 4.98 Å². The highest BCUT2D eigenvalue weighted by atomic mass is 32.2. The number of benzene rings is 1. The van der Waals surface area contributed by atoms with Crippen molar-refractivity contribution < 1.29 is 9.18 Å². The summed E-state index contributed by atoms with van der Waals surface area (Å²) < 4.78 is 15.2. The van der Waals surface area contributed by atoms with E-state index in [0.29, 0.717) is 23.3 Å². The third-order valence-electron chi connectivity index (χ3n) is 4.85. The minimum atomic E-state index is -0.380. The summed E-state index contributed by atoms with van der Waals surface area (Å²) in [7, 11) is 0. The maximum Gasteiger partial charge on any atom is 0.227 e. The lowest BCUT2D eigenvalue weighted by Gasteiger charge is -2.40. The van der Waals surface area contributed by atoms with Crippen molar-refractivity contribution in [1.29, 1.82) is 0 Å². The van der Waals surface area contributed by atoms with Gasteiger partial charge >= 0.3 is 0 Å². The monoisotopic (exact) mass is 384 g/mol. The molecule has 1 aromatic carbocycles. The minimum Gasteiger partial charge on any atom is -0.328 e. The first-order valence-corrected chi connectivity index (χ1v) is 9.85. The molecule has 2 atom stereocenters. The van der Waals surface area contributed by atoms with Crippen molar-refractivity contribution in [2.75, 3.05) is 11.1 Å². The van der Waals surface area contributed by atoms with E-state index in [9.17, 15) is 9.18 Å². The van der Waals surface area contributed by atoms with Gasteiger partial charge in [-0.15, -0.1) is 11.7 Å². The molecule has 1 aliphatic heterocycles. The molecule has 7 heteroatoms. The Morgan fingerprint density at radius 3 is 2.85 bits per heavy atom. The van der Waals surface area contributed by atoms with Crippen LogP contribution >= 0.6 is 11.8 Å². The fourth-order valence-corrected chi connectivity index (χ4v) is 4.36. The summed E-state index contributed by atoms with van der Waals surface area (Å²) in [5.74, 6) is 0.767. The minimum absolute atomic E-state index is 0.153. The zero-order valence-electron chi connectivity index (χ0n) is 15.3. The Morgan fingerprint density at radius 2 is 2.15 bits per heavy atom. The van der Waals surface area contributed by atoms with Gasteiger partial charge in [0.1, 0.15) is 11.6 Å². The number of carbonyl (C=O) groups excluding carboxylic acids is 1. The number of thioether (sulfide) groups is 1. The average Bonchev–Trinajstić information content (AvgIpc) is 3.00. The molecule has 0 spiro atoms. The van der Waals surface area contributed by atoms with Crippen LogP contribution in [0.3, 0.4) is 0 Å². The fourth-order valence-electron chi connectivity index (χ4n) is 3.80. The summed E-state index contributed by atoms with van der Waals surface area (Å²) in [6.07, 6.45) is 4.37. The van der Waals surface area contributed by atoms with Gasteiger partial charge in [0.25, 0.3) is 0 Å². The number of Topliss-reactive ketones (excluding diaryl/α,β-unsaturated/α-hetero) is 1. The molecule has 0 saturated heterocycles. The van der Waals surface area contributed by atoms with Crippen LogP contribution in [0.2, 0.25) is 0 Å². The van der Waals surface area contributed by atoms with Crippen LogP contribution in [-0.4, -0.2) is 26.3 Å². The van der Waals surface area contributed by atoms with Gasteiger partial charge in [0.15, 0.2) is 0 Å². The molecule has 0 unspecified atom stereocenters. The molecule has 2 aromatic rings. The molecule has 5 nitrogen and oxygen atoms in total. The first kappa shape index (κ1) is 18.0. The van der Waals surface area contributed by atoms with Gasteiger partial charge in [-0.05, 0) is 23.1 Å². The summed E-state index contributed by atoms with van der Waals surface area (Å²) in [4.78, 5) is 17.6. The van der Waals surface area contributed by atoms with E-state index in [1.165, 1.54) is 23.9 Å². The summed E-state index contributed by atoms with van der Waals surface area (Å²) in [5.41, 5.74) is 1.48. The van der Waals surface area contributed by atoms with E-state index in [1.54, 1.807) is 22.9 Å². The third-order valence-corrected chi connectivity index (χ3v) is 5.68. The van der Waals surface area contributed by atoms with Gasteiger partial charge < -0.3 is 5.32 Å². The van der Waals surface area contributed by atoms with Crippen molar-refractivity contribution in [3.63, 3.8) is 0 Å². The average molecular weight is 384 g/mol. The number of fused-ring (bicyclic) bond motifs is 2. The summed E-state index contributed by atoms with van der Waals surface area (Å²) in [5, 5.41) is 8.55. The first-order chi connectivity index (χ1) is 12.9. The Labute approximate surface area is 161 Å². The molecular formula is C20H21FN4OS. The van der Waals surface area contributed by atoms with Crippen LogP contribution in [0.1, 0.15) is 31.9 Å². The smallest absolute Gasteiger partial charge is 0.227 e. The number of hydrogen-bond acceptors (Lipinski definition) is 5. The second-order valence-electron chi connectivity index (χ2n) is 7.59. The number of rotatable bonds is 4. The number of halogens is 1. The van der Waals surface area contributed by atoms with Crippen LogP contribution in [0.5, 0.6) is 0 Å². The second-order valence-corrected chi connectivity index (χ2v) is 8.58. The van der Waals surface area contributed by atoms with E-state index in [2.05, 4.69) is 28.1 Å². The van der Waals surface area contributed by atoms with E-state index in [1.807, 2.05) is 13.8 Å². The summed E-state index contributed by atoms with van der Waals surface area (Å²) >= 11 is 1.48. The van der Waals surface area contributed by atoms with Crippen LogP contribution in [0.15, 0.2) is 53.8 Å². The zero-order valence-corrected chi connectivity index (χ0v) is 16.1. The molecule has 140 valence electrons. The number of hydrogen-bond donors (Lipinski definition) is 1.